The van der Waals surface area contributed by atoms with Gasteiger partial charge < -0.3 is 10.1 Å². The van der Waals surface area contributed by atoms with Gasteiger partial charge in [-0.1, -0.05) is 62.0 Å². The van der Waals surface area contributed by atoms with Crippen molar-refractivity contribution >= 4 is 17.7 Å². The second kappa shape index (κ2) is 9.60. The van der Waals surface area contributed by atoms with Crippen molar-refractivity contribution in [3.63, 3.8) is 0 Å². The maximum absolute atomic E-state index is 12.6. The van der Waals surface area contributed by atoms with E-state index in [1.807, 2.05) is 66.2 Å². The fourth-order valence-corrected chi connectivity index (χ4v) is 3.66. The summed E-state index contributed by atoms with van der Waals surface area (Å²) < 4.78 is 7.19. The van der Waals surface area contributed by atoms with Crippen LogP contribution in [0.3, 0.4) is 0 Å². The van der Waals surface area contributed by atoms with Crippen LogP contribution in [0.1, 0.15) is 38.1 Å². The van der Waals surface area contributed by atoms with Crippen LogP contribution >= 0.6 is 11.8 Å². The van der Waals surface area contributed by atoms with Crippen LogP contribution in [0, 0.1) is 0 Å². The van der Waals surface area contributed by atoms with Crippen LogP contribution in [-0.2, 0) is 11.3 Å². The highest BCUT2D eigenvalue weighted by Gasteiger charge is 2.20. The maximum Gasteiger partial charge on any atom is 0.233 e. The lowest BCUT2D eigenvalue weighted by atomic mass is 10.2. The molecular formula is C22H26N4O2S. The third kappa shape index (κ3) is 5.17. The van der Waals surface area contributed by atoms with Gasteiger partial charge in [0.1, 0.15) is 11.6 Å². The van der Waals surface area contributed by atoms with Gasteiger partial charge in [-0.2, -0.15) is 0 Å². The number of nitrogens with zero attached hydrogens (tertiary/aromatic N) is 3. The Hall–Kier alpha value is -2.80. The van der Waals surface area contributed by atoms with Gasteiger partial charge in [0, 0.05) is 18.0 Å². The first-order valence-corrected chi connectivity index (χ1v) is 10.5. The largest absolute Gasteiger partial charge is 0.496 e. The first-order chi connectivity index (χ1) is 14.0. The summed E-state index contributed by atoms with van der Waals surface area (Å²) in [5.41, 5.74) is 1.90. The minimum atomic E-state index is -0.323. The molecule has 3 rings (SSSR count). The highest BCUT2D eigenvalue weighted by molar-refractivity contribution is 8.00. The van der Waals surface area contributed by atoms with Crippen molar-refractivity contribution in [3.8, 4) is 11.4 Å². The Morgan fingerprint density at radius 3 is 2.48 bits per heavy atom. The molecule has 0 fully saturated rings. The average Bonchev–Trinajstić information content (AvgIpc) is 3.17. The van der Waals surface area contributed by atoms with Crippen molar-refractivity contribution < 1.29 is 9.53 Å². The van der Waals surface area contributed by atoms with Crippen molar-refractivity contribution in [1.29, 1.82) is 0 Å². The minimum Gasteiger partial charge on any atom is -0.496 e. The Morgan fingerprint density at radius 1 is 1.10 bits per heavy atom. The molecule has 0 bridgehead atoms. The summed E-state index contributed by atoms with van der Waals surface area (Å²) in [5, 5.41) is 7.88. The zero-order valence-corrected chi connectivity index (χ0v) is 17.9. The van der Waals surface area contributed by atoms with E-state index in [0.29, 0.717) is 11.7 Å². The van der Waals surface area contributed by atoms with E-state index in [9.17, 15) is 4.79 Å². The second-order valence-electron chi connectivity index (χ2n) is 6.94. The molecule has 1 aromatic heterocycles. The summed E-state index contributed by atoms with van der Waals surface area (Å²) in [7, 11) is 1.63. The van der Waals surface area contributed by atoms with Gasteiger partial charge in [-0.25, -0.2) is 9.67 Å². The summed E-state index contributed by atoms with van der Waals surface area (Å²) in [4.78, 5) is 17.2. The number of nitrogens with one attached hydrogen (secondary N) is 1. The number of carbonyl (C=O) groups is 1. The Balaban J connectivity index is 1.68. The second-order valence-corrected chi connectivity index (χ2v) is 8.25. The van der Waals surface area contributed by atoms with Crippen LogP contribution in [0.25, 0.3) is 5.69 Å². The highest BCUT2D eigenvalue weighted by atomic mass is 32.2. The van der Waals surface area contributed by atoms with Gasteiger partial charge in [0.05, 0.1) is 18.0 Å². The van der Waals surface area contributed by atoms with E-state index in [-0.39, 0.29) is 17.1 Å². The Bertz CT molecular complexity index is 956. The molecule has 3 aromatic rings. The van der Waals surface area contributed by atoms with E-state index in [4.69, 9.17) is 4.74 Å². The quantitative estimate of drug-likeness (QED) is 0.564. The van der Waals surface area contributed by atoms with Crippen molar-refractivity contribution in [2.75, 3.05) is 7.11 Å². The average molecular weight is 411 g/mol. The molecule has 0 spiro atoms. The standard InChI is InChI=1S/C22H26N4O2S/c1-15(2)20-24-22(25-26(20)18-11-6-5-7-12-18)29-16(3)21(27)23-14-17-10-8-9-13-19(17)28-4/h5-13,15-16H,14H2,1-4H3,(H,23,27)/t16-/m0/s1. The van der Waals surface area contributed by atoms with Gasteiger partial charge in [-0.15, -0.1) is 5.10 Å². The van der Waals surface area contributed by atoms with Gasteiger partial charge in [-0.3, -0.25) is 4.79 Å². The Labute approximate surface area is 175 Å². The maximum atomic E-state index is 12.6. The van der Waals surface area contributed by atoms with Crippen LogP contribution < -0.4 is 10.1 Å². The zero-order chi connectivity index (χ0) is 20.8. The molecule has 29 heavy (non-hydrogen) atoms. The fraction of sp³-hybridized carbons (Fsp3) is 0.318. The lowest BCUT2D eigenvalue weighted by Crippen LogP contribution is -2.30. The summed E-state index contributed by atoms with van der Waals surface area (Å²) in [6.07, 6.45) is 0. The molecular weight excluding hydrogens is 384 g/mol. The molecule has 2 aromatic carbocycles. The number of aromatic nitrogens is 3. The van der Waals surface area contributed by atoms with E-state index in [2.05, 4.69) is 29.2 Å². The topological polar surface area (TPSA) is 69.0 Å². The molecule has 1 heterocycles. The number of amides is 1. The third-order valence-electron chi connectivity index (χ3n) is 4.43. The Kier molecular flexibility index (Phi) is 6.93. The number of rotatable bonds is 8. The highest BCUT2D eigenvalue weighted by Crippen LogP contribution is 2.25. The molecule has 0 radical (unpaired) electrons. The van der Waals surface area contributed by atoms with Crippen LogP contribution in [0.5, 0.6) is 5.75 Å². The van der Waals surface area contributed by atoms with E-state index in [1.54, 1.807) is 7.11 Å². The van der Waals surface area contributed by atoms with Crippen LogP contribution in [-0.4, -0.2) is 33.0 Å². The number of methoxy groups -OCH3 is 1. The number of ether oxygens (including phenoxy) is 1. The lowest BCUT2D eigenvalue weighted by molar-refractivity contribution is -0.120. The molecule has 1 N–H and O–H groups in total. The lowest BCUT2D eigenvalue weighted by Gasteiger charge is -2.12. The fourth-order valence-electron chi connectivity index (χ4n) is 2.87. The smallest absolute Gasteiger partial charge is 0.233 e. The van der Waals surface area contributed by atoms with Gasteiger partial charge in [0.2, 0.25) is 11.1 Å². The number of carbonyl (C=O) groups excluding carboxylic acids is 1. The molecule has 0 unspecified atom stereocenters. The molecule has 6 nitrogen and oxygen atoms in total. The SMILES string of the molecule is COc1ccccc1CNC(=O)[C@H](C)Sc1nc(C(C)C)n(-c2ccccc2)n1. The number of benzene rings is 2. The molecule has 0 saturated heterocycles. The molecule has 7 heteroatoms. The number of hydrogen-bond acceptors (Lipinski definition) is 5. The summed E-state index contributed by atoms with van der Waals surface area (Å²) in [6.45, 7) is 6.44. The van der Waals surface area contributed by atoms with Crippen LogP contribution in [0.4, 0.5) is 0 Å². The predicted octanol–water partition coefficient (Wildman–Crippen LogP) is 4.20. The van der Waals surface area contributed by atoms with Crippen molar-refractivity contribution in [2.24, 2.45) is 0 Å². The van der Waals surface area contributed by atoms with Gasteiger partial charge in [-0.05, 0) is 25.1 Å². The predicted molar refractivity (Wildman–Crippen MR) is 116 cm³/mol. The van der Waals surface area contributed by atoms with Crippen molar-refractivity contribution in [1.82, 2.24) is 20.1 Å². The molecule has 0 aliphatic rings. The third-order valence-corrected chi connectivity index (χ3v) is 5.38. The van der Waals surface area contributed by atoms with Crippen LogP contribution in [0.2, 0.25) is 0 Å². The number of para-hydroxylation sites is 2. The van der Waals surface area contributed by atoms with Gasteiger partial charge in [0.25, 0.3) is 0 Å². The first kappa shape index (κ1) is 20.9. The van der Waals surface area contributed by atoms with E-state index < -0.39 is 0 Å². The first-order valence-electron chi connectivity index (χ1n) is 9.58. The molecule has 0 aliphatic carbocycles. The van der Waals surface area contributed by atoms with E-state index in [0.717, 1.165) is 22.8 Å². The van der Waals surface area contributed by atoms with E-state index >= 15 is 0 Å². The molecule has 0 aliphatic heterocycles. The number of thioether (sulfide) groups is 1. The summed E-state index contributed by atoms with van der Waals surface area (Å²) in [5.74, 6) is 1.79. The van der Waals surface area contributed by atoms with Crippen LogP contribution in [0.15, 0.2) is 59.8 Å². The molecule has 152 valence electrons. The zero-order valence-electron chi connectivity index (χ0n) is 17.1. The van der Waals surface area contributed by atoms with Gasteiger partial charge in [0.15, 0.2) is 0 Å². The van der Waals surface area contributed by atoms with E-state index in [1.165, 1.54) is 11.8 Å². The normalized spacial score (nSPS) is 12.0. The molecule has 1 atom stereocenters. The van der Waals surface area contributed by atoms with Gasteiger partial charge >= 0.3 is 0 Å². The minimum absolute atomic E-state index is 0.0666. The van der Waals surface area contributed by atoms with Crippen molar-refractivity contribution in [2.45, 2.75) is 43.6 Å². The number of hydrogen-bond donors (Lipinski definition) is 1. The molecule has 1 amide bonds. The summed E-state index contributed by atoms with van der Waals surface area (Å²) >= 11 is 1.36. The van der Waals surface area contributed by atoms with Crippen molar-refractivity contribution in [3.05, 3.63) is 66.0 Å². The molecule has 0 saturated carbocycles. The summed E-state index contributed by atoms with van der Waals surface area (Å²) in [6, 6.07) is 17.6. The Morgan fingerprint density at radius 2 is 1.79 bits per heavy atom. The monoisotopic (exact) mass is 410 g/mol.